The summed E-state index contributed by atoms with van der Waals surface area (Å²) in [6, 6.07) is 0. The molecule has 102 valence electrons. The van der Waals surface area contributed by atoms with E-state index in [4.69, 9.17) is 14.2 Å². The zero-order valence-electron chi connectivity index (χ0n) is 10.6. The molecular weight excluding hydrogens is 238 g/mol. The predicted octanol–water partition coefficient (Wildman–Crippen LogP) is 0.965. The van der Waals surface area contributed by atoms with Crippen LogP contribution in [0.2, 0.25) is 0 Å². The van der Waals surface area contributed by atoms with Crippen LogP contribution in [0.3, 0.4) is 0 Å². The first kappa shape index (κ1) is 14.5. The molecule has 1 fully saturated rings. The van der Waals surface area contributed by atoms with Crippen LogP contribution in [0.5, 0.6) is 0 Å². The van der Waals surface area contributed by atoms with Gasteiger partial charge in [0.1, 0.15) is 0 Å². The number of rotatable bonds is 5. The lowest BCUT2D eigenvalue weighted by Gasteiger charge is -2.25. The van der Waals surface area contributed by atoms with E-state index in [9.17, 15) is 9.59 Å². The van der Waals surface area contributed by atoms with E-state index in [0.717, 1.165) is 0 Å². The molecular formula is C12H19NO5. The molecule has 6 nitrogen and oxygen atoms in total. The molecule has 1 aliphatic rings. The first-order valence-electron chi connectivity index (χ1n) is 6.06. The van der Waals surface area contributed by atoms with Crippen LogP contribution in [0.1, 0.15) is 13.3 Å². The zero-order valence-corrected chi connectivity index (χ0v) is 10.6. The van der Waals surface area contributed by atoms with Gasteiger partial charge in [0, 0.05) is 25.6 Å². The fourth-order valence-electron chi connectivity index (χ4n) is 1.42. The SMILES string of the molecule is CCOC(=O)C=CCCOC(=O)N1CCOCC1. The lowest BCUT2D eigenvalue weighted by molar-refractivity contribution is -0.137. The molecule has 0 atom stereocenters. The molecule has 0 N–H and O–H groups in total. The Labute approximate surface area is 106 Å². The smallest absolute Gasteiger partial charge is 0.409 e. The molecule has 0 saturated carbocycles. The summed E-state index contributed by atoms with van der Waals surface area (Å²) >= 11 is 0. The Morgan fingerprint density at radius 2 is 2.00 bits per heavy atom. The van der Waals surface area contributed by atoms with E-state index in [1.807, 2.05) is 0 Å². The minimum absolute atomic E-state index is 0.256. The van der Waals surface area contributed by atoms with Gasteiger partial charge >= 0.3 is 12.1 Å². The number of esters is 1. The van der Waals surface area contributed by atoms with Gasteiger partial charge in [0.05, 0.1) is 26.4 Å². The summed E-state index contributed by atoms with van der Waals surface area (Å²) in [7, 11) is 0. The third-order valence-electron chi connectivity index (χ3n) is 2.32. The number of ether oxygens (including phenoxy) is 3. The van der Waals surface area contributed by atoms with Crippen LogP contribution in [0.4, 0.5) is 4.79 Å². The highest BCUT2D eigenvalue weighted by molar-refractivity contribution is 5.81. The van der Waals surface area contributed by atoms with Crippen molar-refractivity contribution in [1.82, 2.24) is 4.90 Å². The summed E-state index contributed by atoms with van der Waals surface area (Å²) < 4.78 is 14.9. The van der Waals surface area contributed by atoms with E-state index in [2.05, 4.69) is 0 Å². The van der Waals surface area contributed by atoms with Crippen LogP contribution >= 0.6 is 0 Å². The Hall–Kier alpha value is -1.56. The monoisotopic (exact) mass is 257 g/mol. The number of carbonyl (C=O) groups excluding carboxylic acids is 2. The topological polar surface area (TPSA) is 65.1 Å². The summed E-state index contributed by atoms with van der Waals surface area (Å²) in [5, 5.41) is 0. The van der Waals surface area contributed by atoms with Gasteiger partial charge in [-0.25, -0.2) is 9.59 Å². The van der Waals surface area contributed by atoms with Crippen molar-refractivity contribution in [2.24, 2.45) is 0 Å². The van der Waals surface area contributed by atoms with E-state index in [0.29, 0.717) is 39.3 Å². The molecule has 0 radical (unpaired) electrons. The number of hydrogen-bond donors (Lipinski definition) is 0. The van der Waals surface area contributed by atoms with Crippen molar-refractivity contribution in [1.29, 1.82) is 0 Å². The largest absolute Gasteiger partial charge is 0.463 e. The Morgan fingerprint density at radius 3 is 2.67 bits per heavy atom. The average molecular weight is 257 g/mol. The van der Waals surface area contributed by atoms with Gasteiger partial charge in [0.15, 0.2) is 0 Å². The number of nitrogens with zero attached hydrogens (tertiary/aromatic N) is 1. The minimum Gasteiger partial charge on any atom is -0.463 e. The molecule has 0 aromatic carbocycles. The Bertz CT molecular complexity index is 297. The van der Waals surface area contributed by atoms with Gasteiger partial charge in [0.2, 0.25) is 0 Å². The fourth-order valence-corrected chi connectivity index (χ4v) is 1.42. The average Bonchev–Trinajstić information content (AvgIpc) is 2.39. The molecule has 0 spiro atoms. The fraction of sp³-hybridized carbons (Fsp3) is 0.667. The second-order valence-electron chi connectivity index (χ2n) is 3.66. The maximum Gasteiger partial charge on any atom is 0.409 e. The highest BCUT2D eigenvalue weighted by atomic mass is 16.6. The Kier molecular flexibility index (Phi) is 6.86. The van der Waals surface area contributed by atoms with E-state index >= 15 is 0 Å². The number of amides is 1. The number of morpholine rings is 1. The van der Waals surface area contributed by atoms with Gasteiger partial charge in [-0.3, -0.25) is 0 Å². The van der Waals surface area contributed by atoms with E-state index < -0.39 is 0 Å². The van der Waals surface area contributed by atoms with Crippen LogP contribution < -0.4 is 0 Å². The van der Waals surface area contributed by atoms with Crippen LogP contribution in [0, 0.1) is 0 Å². The molecule has 18 heavy (non-hydrogen) atoms. The molecule has 0 aromatic rings. The molecule has 1 saturated heterocycles. The molecule has 6 heteroatoms. The second kappa shape index (κ2) is 8.52. The Morgan fingerprint density at radius 1 is 1.28 bits per heavy atom. The summed E-state index contributed by atoms with van der Waals surface area (Å²) in [5.41, 5.74) is 0. The van der Waals surface area contributed by atoms with Gasteiger partial charge < -0.3 is 19.1 Å². The molecule has 0 unspecified atom stereocenters. The van der Waals surface area contributed by atoms with Crippen molar-refractivity contribution < 1.29 is 23.8 Å². The first-order valence-corrected chi connectivity index (χ1v) is 6.06. The minimum atomic E-state index is -0.378. The van der Waals surface area contributed by atoms with Gasteiger partial charge in [-0.2, -0.15) is 0 Å². The van der Waals surface area contributed by atoms with Crippen molar-refractivity contribution in [2.75, 3.05) is 39.5 Å². The quantitative estimate of drug-likeness (QED) is 0.417. The van der Waals surface area contributed by atoms with Crippen molar-refractivity contribution in [3.63, 3.8) is 0 Å². The van der Waals surface area contributed by atoms with Crippen LogP contribution in [0.15, 0.2) is 12.2 Å². The van der Waals surface area contributed by atoms with E-state index in [1.165, 1.54) is 6.08 Å². The number of hydrogen-bond acceptors (Lipinski definition) is 5. The maximum atomic E-state index is 11.5. The third-order valence-corrected chi connectivity index (χ3v) is 2.32. The number of carbonyl (C=O) groups is 2. The first-order chi connectivity index (χ1) is 8.74. The van der Waals surface area contributed by atoms with Crippen molar-refractivity contribution in [3.05, 3.63) is 12.2 Å². The zero-order chi connectivity index (χ0) is 13.2. The van der Waals surface area contributed by atoms with Crippen molar-refractivity contribution in [3.8, 4) is 0 Å². The highest BCUT2D eigenvalue weighted by Gasteiger charge is 2.17. The van der Waals surface area contributed by atoms with Crippen LogP contribution in [-0.2, 0) is 19.0 Å². The molecule has 1 heterocycles. The molecule has 1 aliphatic heterocycles. The van der Waals surface area contributed by atoms with Crippen molar-refractivity contribution in [2.45, 2.75) is 13.3 Å². The molecule has 0 aliphatic carbocycles. The Balaban J connectivity index is 2.09. The second-order valence-corrected chi connectivity index (χ2v) is 3.66. The molecule has 1 rings (SSSR count). The van der Waals surface area contributed by atoms with Crippen LogP contribution in [-0.4, -0.2) is 56.5 Å². The summed E-state index contributed by atoms with van der Waals surface area (Å²) in [6.07, 6.45) is 3.13. The van der Waals surface area contributed by atoms with Gasteiger partial charge in [0.25, 0.3) is 0 Å². The molecule has 1 amide bonds. The lowest BCUT2D eigenvalue weighted by atomic mass is 10.4. The standard InChI is InChI=1S/C12H19NO5/c1-2-17-11(14)5-3-4-8-18-12(15)13-6-9-16-10-7-13/h3,5H,2,4,6-10H2,1H3. The van der Waals surface area contributed by atoms with Gasteiger partial charge in [-0.05, 0) is 6.92 Å². The maximum absolute atomic E-state index is 11.5. The highest BCUT2D eigenvalue weighted by Crippen LogP contribution is 2.00. The predicted molar refractivity (Wildman–Crippen MR) is 64.1 cm³/mol. The van der Waals surface area contributed by atoms with E-state index in [1.54, 1.807) is 17.9 Å². The van der Waals surface area contributed by atoms with Crippen LogP contribution in [0.25, 0.3) is 0 Å². The third kappa shape index (κ3) is 5.67. The molecule has 0 aromatic heterocycles. The summed E-state index contributed by atoms with van der Waals surface area (Å²) in [4.78, 5) is 24.1. The van der Waals surface area contributed by atoms with Gasteiger partial charge in [-0.1, -0.05) is 6.08 Å². The van der Waals surface area contributed by atoms with Gasteiger partial charge in [-0.15, -0.1) is 0 Å². The van der Waals surface area contributed by atoms with E-state index in [-0.39, 0.29) is 18.7 Å². The van der Waals surface area contributed by atoms with Crippen molar-refractivity contribution >= 4 is 12.1 Å². The molecule has 0 bridgehead atoms. The summed E-state index contributed by atoms with van der Waals surface area (Å²) in [6.45, 7) is 4.60. The lowest BCUT2D eigenvalue weighted by Crippen LogP contribution is -2.41. The normalized spacial score (nSPS) is 15.7. The summed E-state index contributed by atoms with van der Waals surface area (Å²) in [5.74, 6) is -0.378.